The molecule has 0 atom stereocenters. The molecule has 58 heavy (non-hydrogen) atoms. The van der Waals surface area contributed by atoms with Crippen molar-refractivity contribution >= 4 is 197 Å². The van der Waals surface area contributed by atoms with Crippen molar-refractivity contribution in [1.82, 2.24) is 9.55 Å². The zero-order chi connectivity index (χ0) is 40.3. The predicted molar refractivity (Wildman–Crippen MR) is 287 cm³/mol. The molecule has 0 amide bonds. The van der Waals surface area contributed by atoms with Gasteiger partial charge in [-0.05, 0) is 63.4 Å². The zero-order valence-corrected chi connectivity index (χ0v) is 36.0. The topological polar surface area (TPSA) is 17.8 Å². The highest BCUT2D eigenvalue weighted by atomic mass is 32.1. The third-order valence-corrected chi connectivity index (χ3v) is 15.1. The molecule has 10 rings (SSSR count). The van der Waals surface area contributed by atoms with Crippen LogP contribution in [0, 0.1) is 0 Å². The molecule has 0 aliphatic carbocycles. The standard InChI is InChI=1S/C45H38B10N2S/c46-34-30(35(47)39(51)42(54)38(34)50)19-16-17-22-25(18-19)31(24-11-7-15-29-32(24)23-10-3-6-14-28(23)58-29)20-8-1-2-9-21(20)44(22)57-27-13-5-4-12-26(27)56-45(57)33-36(48)40(52)43(55)41(53)37(33)49/h1-18H,46-55H2. The Labute approximate surface area is 353 Å². The van der Waals surface area contributed by atoms with E-state index in [2.05, 4.69) is 192 Å². The molecule has 10 aromatic rings. The smallest absolute Gasteiger partial charge is 0.144 e. The van der Waals surface area contributed by atoms with Crippen molar-refractivity contribution < 1.29 is 0 Å². The van der Waals surface area contributed by atoms with Gasteiger partial charge in [-0.1, -0.05) is 101 Å². The van der Waals surface area contributed by atoms with Gasteiger partial charge in [0, 0.05) is 36.5 Å². The van der Waals surface area contributed by atoms with Gasteiger partial charge >= 0.3 is 0 Å². The zero-order valence-electron chi connectivity index (χ0n) is 35.2. The second-order valence-corrected chi connectivity index (χ2v) is 17.6. The van der Waals surface area contributed by atoms with Gasteiger partial charge in [-0.15, -0.1) is 44.1 Å². The first-order valence-electron chi connectivity index (χ1n) is 20.5. The molecule has 0 fully saturated rings. The number of benzene rings is 8. The Bertz CT molecular complexity index is 3370. The van der Waals surface area contributed by atoms with Crippen LogP contribution in [-0.2, 0) is 0 Å². The minimum absolute atomic E-state index is 0.994. The molecule has 0 radical (unpaired) electrons. The summed E-state index contributed by atoms with van der Waals surface area (Å²) in [7, 11) is 22.8. The van der Waals surface area contributed by atoms with Gasteiger partial charge in [0.15, 0.2) is 0 Å². The van der Waals surface area contributed by atoms with Crippen molar-refractivity contribution in [3.63, 3.8) is 0 Å². The lowest BCUT2D eigenvalue weighted by Gasteiger charge is -2.24. The van der Waals surface area contributed by atoms with E-state index in [9.17, 15) is 0 Å². The molecule has 0 bridgehead atoms. The summed E-state index contributed by atoms with van der Waals surface area (Å²) < 4.78 is 5.12. The average Bonchev–Trinajstić information content (AvgIpc) is 3.81. The van der Waals surface area contributed by atoms with Crippen molar-refractivity contribution in [3.05, 3.63) is 109 Å². The number of hydrogen-bond donors (Lipinski definition) is 0. The van der Waals surface area contributed by atoms with E-state index < -0.39 is 0 Å². The van der Waals surface area contributed by atoms with Crippen LogP contribution in [0.4, 0.5) is 0 Å². The Kier molecular flexibility index (Phi) is 8.66. The summed E-state index contributed by atoms with van der Waals surface area (Å²) in [6, 6.07) is 40.9. The average molecular weight is 747 g/mol. The number of thiophene rings is 1. The molecule has 2 nitrogen and oxygen atoms in total. The molecule has 8 aromatic carbocycles. The van der Waals surface area contributed by atoms with Crippen LogP contribution in [0.25, 0.3) is 92.1 Å². The van der Waals surface area contributed by atoms with Crippen LogP contribution in [0.5, 0.6) is 0 Å². The van der Waals surface area contributed by atoms with Crippen LogP contribution in [0.2, 0.25) is 0 Å². The highest BCUT2D eigenvalue weighted by molar-refractivity contribution is 7.26. The molecule has 2 heterocycles. The molecule has 13 heteroatoms. The number of nitrogens with zero attached hydrogens (tertiary/aromatic N) is 2. The molecule has 264 valence electrons. The summed E-state index contributed by atoms with van der Waals surface area (Å²) in [5, 5.41) is 7.55. The molecule has 0 saturated heterocycles. The third kappa shape index (κ3) is 5.21. The van der Waals surface area contributed by atoms with E-state index in [-0.39, 0.29) is 0 Å². The van der Waals surface area contributed by atoms with E-state index in [4.69, 9.17) is 4.98 Å². The normalized spacial score (nSPS) is 11.8. The fraction of sp³-hybridized carbons (Fsp3) is 0. The molecule has 0 saturated carbocycles. The molecule has 0 spiro atoms. The van der Waals surface area contributed by atoms with E-state index in [1.165, 1.54) is 130 Å². The van der Waals surface area contributed by atoms with Crippen LogP contribution in [-0.4, -0.2) is 88.0 Å². The third-order valence-electron chi connectivity index (χ3n) is 14.0. The van der Waals surface area contributed by atoms with Crippen molar-refractivity contribution in [1.29, 1.82) is 0 Å². The van der Waals surface area contributed by atoms with Crippen molar-refractivity contribution in [2.24, 2.45) is 0 Å². The Morgan fingerprint density at radius 1 is 0.414 bits per heavy atom. The summed E-state index contributed by atoms with van der Waals surface area (Å²) >= 11 is 1.89. The second-order valence-electron chi connectivity index (χ2n) is 16.6. The maximum absolute atomic E-state index is 5.54. The van der Waals surface area contributed by atoms with E-state index in [0.717, 1.165) is 16.9 Å². The fourth-order valence-corrected chi connectivity index (χ4v) is 11.1. The van der Waals surface area contributed by atoms with E-state index in [1.807, 2.05) is 11.3 Å². The Morgan fingerprint density at radius 2 is 0.948 bits per heavy atom. The lowest BCUT2D eigenvalue weighted by Crippen LogP contribution is -2.55. The highest BCUT2D eigenvalue weighted by Crippen LogP contribution is 2.48. The van der Waals surface area contributed by atoms with E-state index in [1.54, 1.807) is 0 Å². The first-order valence-corrected chi connectivity index (χ1v) is 21.3. The Morgan fingerprint density at radius 3 is 1.64 bits per heavy atom. The molecular weight excluding hydrogens is 709 g/mol. The van der Waals surface area contributed by atoms with E-state index >= 15 is 0 Å². The second kappa shape index (κ2) is 13.6. The fourth-order valence-electron chi connectivity index (χ4n) is 10.0. The molecule has 0 aliphatic rings. The first kappa shape index (κ1) is 36.9. The molecule has 2 aromatic heterocycles. The summed E-state index contributed by atoms with van der Waals surface area (Å²) in [5.74, 6) is 0.994. The molecule has 0 aliphatic heterocycles. The summed E-state index contributed by atoms with van der Waals surface area (Å²) in [4.78, 5) is 5.54. The largest absolute Gasteiger partial charge is 0.291 e. The van der Waals surface area contributed by atoms with Crippen LogP contribution in [0.15, 0.2) is 109 Å². The Hall–Kier alpha value is -5.38. The first-order chi connectivity index (χ1) is 28.0. The van der Waals surface area contributed by atoms with Gasteiger partial charge in [-0.2, -0.15) is 0 Å². The van der Waals surface area contributed by atoms with E-state index in [0.29, 0.717) is 0 Å². The lowest BCUT2D eigenvalue weighted by molar-refractivity contribution is 1.13. The molecule has 0 N–H and O–H groups in total. The highest BCUT2D eigenvalue weighted by Gasteiger charge is 2.26. The SMILES string of the molecule is Bc1c(B)c(B)c(-c2ccc3c(-n4c(-c5c(B)c(B)c(B)c(B)c5B)nc5ccccc54)c4ccccc4c(-c4cccc5sc6ccccc6c45)c3c2)c(B)c1B. The molecule has 0 unspecified atom stereocenters. The maximum Gasteiger partial charge on any atom is 0.144 e. The van der Waals surface area contributed by atoms with Gasteiger partial charge in [0.25, 0.3) is 0 Å². The number of imidazole rings is 1. The number of aromatic nitrogens is 2. The summed E-state index contributed by atoms with van der Waals surface area (Å²) in [5.41, 5.74) is 23.1. The number of fused-ring (bicyclic) bond motifs is 6. The molecular formula is C45H38B10N2S. The van der Waals surface area contributed by atoms with Crippen LogP contribution >= 0.6 is 11.3 Å². The van der Waals surface area contributed by atoms with Crippen molar-refractivity contribution in [2.75, 3.05) is 0 Å². The van der Waals surface area contributed by atoms with Gasteiger partial charge in [-0.3, -0.25) is 4.57 Å². The minimum atomic E-state index is 0.994. The van der Waals surface area contributed by atoms with Crippen LogP contribution in [0.3, 0.4) is 0 Å². The Balaban J connectivity index is 1.43. The maximum atomic E-state index is 5.54. The van der Waals surface area contributed by atoms with Crippen molar-refractivity contribution in [3.8, 4) is 39.3 Å². The predicted octanol–water partition coefficient (Wildman–Crippen LogP) is -4.72. The number of para-hydroxylation sites is 2. The number of hydrogen-bond acceptors (Lipinski definition) is 2. The summed E-state index contributed by atoms with van der Waals surface area (Å²) in [6.07, 6.45) is 0. The van der Waals surface area contributed by atoms with Gasteiger partial charge in [0.05, 0.1) is 16.7 Å². The quantitative estimate of drug-likeness (QED) is 0.131. The lowest BCUT2D eigenvalue weighted by atomic mass is 9.59. The van der Waals surface area contributed by atoms with Crippen LogP contribution < -0.4 is 54.6 Å². The monoisotopic (exact) mass is 748 g/mol. The van der Waals surface area contributed by atoms with Gasteiger partial charge in [0.1, 0.15) is 84.3 Å². The number of rotatable bonds is 4. The van der Waals surface area contributed by atoms with Gasteiger partial charge < -0.3 is 0 Å². The van der Waals surface area contributed by atoms with Gasteiger partial charge in [0.2, 0.25) is 0 Å². The van der Waals surface area contributed by atoms with Crippen molar-refractivity contribution in [2.45, 2.75) is 0 Å². The minimum Gasteiger partial charge on any atom is -0.291 e. The van der Waals surface area contributed by atoms with Crippen LogP contribution in [0.1, 0.15) is 0 Å². The van der Waals surface area contributed by atoms with Gasteiger partial charge in [-0.25, -0.2) is 4.98 Å². The summed E-state index contributed by atoms with van der Waals surface area (Å²) in [6.45, 7) is 0.